The minimum atomic E-state index is -1.51. The Bertz CT molecular complexity index is 1250. The molecule has 4 rings (SSSR count). The molecule has 6 nitrogen and oxygen atoms in total. The van der Waals surface area contributed by atoms with Gasteiger partial charge in [-0.15, -0.1) is 0 Å². The molecule has 1 unspecified atom stereocenters. The van der Waals surface area contributed by atoms with Crippen molar-refractivity contribution in [1.29, 1.82) is 0 Å². The van der Waals surface area contributed by atoms with Crippen LogP contribution in [0, 0.1) is 19.8 Å². The molecule has 0 radical (unpaired) electrons. The SMILES string of the molecule is CC1=C(C(=O)O)CC(C(=O)O)(c2cccc(C)c2COc2ccc(C(=O)C3CC3)cc2C)C=C1. The number of allylic oxidation sites excluding steroid dienone is 2. The van der Waals surface area contributed by atoms with Crippen molar-refractivity contribution >= 4 is 17.7 Å². The fraction of sp³-hybridized carbons (Fsp3) is 0.321. The Balaban J connectivity index is 1.66. The Morgan fingerprint density at radius 2 is 1.76 bits per heavy atom. The molecule has 2 aromatic rings. The van der Waals surface area contributed by atoms with Gasteiger partial charge < -0.3 is 14.9 Å². The molecular weight excluding hydrogens is 432 g/mol. The Kier molecular flexibility index (Phi) is 6.17. The van der Waals surface area contributed by atoms with Crippen LogP contribution in [0.15, 0.2) is 59.7 Å². The van der Waals surface area contributed by atoms with Crippen molar-refractivity contribution in [2.45, 2.75) is 52.1 Å². The zero-order valence-electron chi connectivity index (χ0n) is 19.6. The molecule has 176 valence electrons. The summed E-state index contributed by atoms with van der Waals surface area (Å²) < 4.78 is 6.11. The van der Waals surface area contributed by atoms with E-state index in [1.165, 1.54) is 0 Å². The molecule has 1 atom stereocenters. The maximum absolute atomic E-state index is 12.6. The third kappa shape index (κ3) is 4.28. The maximum atomic E-state index is 12.6. The third-order valence-corrected chi connectivity index (χ3v) is 6.86. The van der Waals surface area contributed by atoms with Gasteiger partial charge in [0.05, 0.1) is 0 Å². The van der Waals surface area contributed by atoms with E-state index in [2.05, 4.69) is 0 Å². The second-order valence-electron chi connectivity index (χ2n) is 9.26. The number of carboxylic acid groups (broad SMARTS) is 2. The molecule has 2 aliphatic rings. The summed E-state index contributed by atoms with van der Waals surface area (Å²) >= 11 is 0. The fourth-order valence-corrected chi connectivity index (χ4v) is 4.54. The molecule has 34 heavy (non-hydrogen) atoms. The van der Waals surface area contributed by atoms with E-state index in [4.69, 9.17) is 4.74 Å². The summed E-state index contributed by atoms with van der Waals surface area (Å²) in [6, 6.07) is 10.8. The highest BCUT2D eigenvalue weighted by molar-refractivity contribution is 5.99. The Morgan fingerprint density at radius 1 is 1.03 bits per heavy atom. The number of aliphatic carboxylic acids is 2. The third-order valence-electron chi connectivity index (χ3n) is 6.86. The van der Waals surface area contributed by atoms with Crippen LogP contribution >= 0.6 is 0 Å². The molecule has 6 heteroatoms. The number of hydrogen-bond acceptors (Lipinski definition) is 4. The number of hydrogen-bond donors (Lipinski definition) is 2. The number of carbonyl (C=O) groups is 3. The van der Waals surface area contributed by atoms with Gasteiger partial charge in [-0.3, -0.25) is 9.59 Å². The quantitative estimate of drug-likeness (QED) is 0.528. The lowest BCUT2D eigenvalue weighted by Crippen LogP contribution is -2.38. The molecule has 0 amide bonds. The molecule has 2 N–H and O–H groups in total. The Morgan fingerprint density at radius 3 is 2.38 bits per heavy atom. The summed E-state index contributed by atoms with van der Waals surface area (Å²) in [5, 5.41) is 19.9. The van der Waals surface area contributed by atoms with Gasteiger partial charge in [-0.1, -0.05) is 30.4 Å². The molecule has 1 fully saturated rings. The summed E-state index contributed by atoms with van der Waals surface area (Å²) in [5.74, 6) is -1.30. The minimum Gasteiger partial charge on any atom is -0.489 e. The number of Topliss-reactive ketones (excluding diaryl/α,β-unsaturated/α-hetero) is 1. The average Bonchev–Trinajstić information content (AvgIpc) is 3.64. The molecule has 0 saturated heterocycles. The van der Waals surface area contributed by atoms with Crippen LogP contribution in [0.4, 0.5) is 0 Å². The van der Waals surface area contributed by atoms with Gasteiger partial charge in [0.25, 0.3) is 0 Å². The number of ketones is 1. The lowest BCUT2D eigenvalue weighted by atomic mass is 9.69. The molecule has 0 spiro atoms. The van der Waals surface area contributed by atoms with E-state index in [-0.39, 0.29) is 30.3 Å². The standard InChI is InChI=1S/C28H28O6/c1-16-5-4-6-23(28(27(32)33)12-11-17(2)21(14-28)26(30)31)22(16)15-34-24-10-9-20(13-18(24)3)25(29)19-7-8-19/h4-6,9-13,19H,7-8,14-15H2,1-3H3,(H,30,31)(H,32,33). The van der Waals surface area contributed by atoms with Gasteiger partial charge in [0, 0.05) is 23.5 Å². The first-order chi connectivity index (χ1) is 16.1. The van der Waals surface area contributed by atoms with E-state index < -0.39 is 17.4 Å². The van der Waals surface area contributed by atoms with Crippen molar-refractivity contribution in [3.63, 3.8) is 0 Å². The molecule has 0 bridgehead atoms. The minimum absolute atomic E-state index is 0.0880. The fourth-order valence-electron chi connectivity index (χ4n) is 4.54. The predicted molar refractivity (Wildman–Crippen MR) is 127 cm³/mol. The normalized spacial score (nSPS) is 19.7. The first kappa shape index (κ1) is 23.5. The summed E-state index contributed by atoms with van der Waals surface area (Å²) in [6.45, 7) is 5.56. The average molecular weight is 461 g/mol. The number of ether oxygens (including phenoxy) is 1. The highest BCUT2D eigenvalue weighted by atomic mass is 16.5. The van der Waals surface area contributed by atoms with E-state index in [0.717, 1.165) is 24.0 Å². The lowest BCUT2D eigenvalue weighted by Gasteiger charge is -2.32. The monoisotopic (exact) mass is 460 g/mol. The van der Waals surface area contributed by atoms with Crippen LogP contribution in [0.5, 0.6) is 5.75 Å². The van der Waals surface area contributed by atoms with E-state index in [0.29, 0.717) is 28.0 Å². The smallest absolute Gasteiger partial charge is 0.331 e. The molecule has 0 aliphatic heterocycles. The van der Waals surface area contributed by atoms with Crippen LogP contribution in [-0.4, -0.2) is 27.9 Å². The van der Waals surface area contributed by atoms with Gasteiger partial charge in [0.1, 0.15) is 17.8 Å². The summed E-state index contributed by atoms with van der Waals surface area (Å²) in [4.78, 5) is 36.7. The van der Waals surface area contributed by atoms with Crippen molar-refractivity contribution < 1.29 is 29.3 Å². The molecular formula is C28H28O6. The van der Waals surface area contributed by atoms with Crippen LogP contribution in [0.2, 0.25) is 0 Å². The van der Waals surface area contributed by atoms with E-state index in [9.17, 15) is 24.6 Å². The van der Waals surface area contributed by atoms with E-state index >= 15 is 0 Å². The van der Waals surface area contributed by atoms with Crippen molar-refractivity contribution in [1.82, 2.24) is 0 Å². The second-order valence-corrected chi connectivity index (χ2v) is 9.26. The van der Waals surface area contributed by atoms with Gasteiger partial charge >= 0.3 is 11.9 Å². The summed E-state index contributed by atoms with van der Waals surface area (Å²) in [7, 11) is 0. The summed E-state index contributed by atoms with van der Waals surface area (Å²) in [6.07, 6.45) is 4.91. The Labute approximate surface area is 198 Å². The van der Waals surface area contributed by atoms with E-state index in [1.54, 1.807) is 43.3 Å². The first-order valence-electron chi connectivity index (χ1n) is 11.4. The highest BCUT2D eigenvalue weighted by Crippen LogP contribution is 2.41. The van der Waals surface area contributed by atoms with Crippen molar-refractivity contribution in [2.75, 3.05) is 0 Å². The topological polar surface area (TPSA) is 101 Å². The zero-order valence-corrected chi connectivity index (χ0v) is 19.6. The zero-order chi connectivity index (χ0) is 24.6. The number of aryl methyl sites for hydroxylation is 2. The van der Waals surface area contributed by atoms with Crippen molar-refractivity contribution in [3.8, 4) is 5.75 Å². The molecule has 0 aromatic heterocycles. The van der Waals surface area contributed by atoms with Crippen LogP contribution < -0.4 is 4.74 Å². The Hall–Kier alpha value is -3.67. The lowest BCUT2D eigenvalue weighted by molar-refractivity contribution is -0.142. The number of carbonyl (C=O) groups excluding carboxylic acids is 1. The second kappa shape index (κ2) is 8.93. The van der Waals surface area contributed by atoms with Crippen molar-refractivity contribution in [2.24, 2.45) is 5.92 Å². The van der Waals surface area contributed by atoms with Gasteiger partial charge in [-0.05, 0) is 79.6 Å². The largest absolute Gasteiger partial charge is 0.489 e. The molecule has 2 aliphatic carbocycles. The van der Waals surface area contributed by atoms with Crippen LogP contribution in [0.1, 0.15) is 58.8 Å². The maximum Gasteiger partial charge on any atom is 0.331 e. The first-order valence-corrected chi connectivity index (χ1v) is 11.4. The van der Waals surface area contributed by atoms with E-state index in [1.807, 2.05) is 26.0 Å². The number of carboxylic acids is 2. The van der Waals surface area contributed by atoms with Crippen molar-refractivity contribution in [3.05, 3.63) is 87.5 Å². The number of rotatable bonds is 8. The van der Waals surface area contributed by atoms with Crippen LogP contribution in [-0.2, 0) is 21.6 Å². The van der Waals surface area contributed by atoms with Crippen LogP contribution in [0.25, 0.3) is 0 Å². The van der Waals surface area contributed by atoms with Gasteiger partial charge in [-0.2, -0.15) is 0 Å². The highest BCUT2D eigenvalue weighted by Gasteiger charge is 2.43. The molecule has 0 heterocycles. The summed E-state index contributed by atoms with van der Waals surface area (Å²) in [5.41, 5.74) is 2.72. The van der Waals surface area contributed by atoms with Gasteiger partial charge in [0.15, 0.2) is 5.78 Å². The van der Waals surface area contributed by atoms with Gasteiger partial charge in [-0.25, -0.2) is 4.79 Å². The predicted octanol–water partition coefficient (Wildman–Crippen LogP) is 5.16. The number of benzene rings is 2. The molecule has 2 aromatic carbocycles. The molecule has 1 saturated carbocycles. The van der Waals surface area contributed by atoms with Crippen LogP contribution in [0.3, 0.4) is 0 Å². The van der Waals surface area contributed by atoms with Gasteiger partial charge in [0.2, 0.25) is 0 Å².